The van der Waals surface area contributed by atoms with E-state index in [0.717, 1.165) is 5.06 Å². The van der Waals surface area contributed by atoms with Crippen molar-refractivity contribution in [1.82, 2.24) is 0 Å². The number of benzene rings is 1. The van der Waals surface area contributed by atoms with Gasteiger partial charge < -0.3 is 28.4 Å². The molecule has 0 N–H and O–H groups in total. The maximum Gasteiger partial charge on any atom is 0.439 e. The third kappa shape index (κ3) is 9.01. The number of hydrogen-bond donors (Lipinski definition) is 0. The van der Waals surface area contributed by atoms with Gasteiger partial charge in [-0.1, -0.05) is 25.2 Å². The van der Waals surface area contributed by atoms with Crippen molar-refractivity contribution in [3.63, 3.8) is 0 Å². The van der Waals surface area contributed by atoms with E-state index in [4.69, 9.17) is 33.3 Å². The predicted octanol–water partition coefficient (Wildman–Crippen LogP) is 6.06. The Balaban J connectivity index is 1.73. The Labute approximate surface area is 265 Å². The van der Waals surface area contributed by atoms with Crippen LogP contribution in [0.3, 0.4) is 0 Å². The fraction of sp³-hybridized carbons (Fsp3) is 0.618. The van der Waals surface area contributed by atoms with Gasteiger partial charge in [-0.25, -0.2) is 9.59 Å². The Morgan fingerprint density at radius 3 is 2.38 bits per heavy atom. The average molecular weight is 630 g/mol. The molecule has 0 aliphatic carbocycles. The van der Waals surface area contributed by atoms with Crippen LogP contribution < -0.4 is 5.06 Å². The molecule has 2 saturated heterocycles. The minimum atomic E-state index is -0.936. The molecule has 0 saturated carbocycles. The van der Waals surface area contributed by atoms with Crippen molar-refractivity contribution >= 4 is 29.6 Å². The molecule has 0 aromatic heterocycles. The van der Waals surface area contributed by atoms with Crippen LogP contribution in [0.4, 0.5) is 10.5 Å². The van der Waals surface area contributed by atoms with Crippen LogP contribution in [-0.2, 0) is 38.1 Å². The Hall–Kier alpha value is -3.09. The molecule has 0 radical (unpaired) electrons. The number of esters is 1. The van der Waals surface area contributed by atoms with Crippen molar-refractivity contribution in [2.45, 2.75) is 117 Å². The van der Waals surface area contributed by atoms with Crippen LogP contribution in [0.1, 0.15) is 90.2 Å². The van der Waals surface area contributed by atoms with Crippen molar-refractivity contribution in [3.05, 3.63) is 47.1 Å². The summed E-state index contributed by atoms with van der Waals surface area (Å²) in [6, 6.07) is 3.34. The Bertz CT molecular complexity index is 1340. The SMILES string of the molecule is Cc1cc(N(OC[C@H]2COC(C)(C)O2)C(=O)OC(C)(C)C)cc2c1C(=O)O[C@@H](C)[C@H](C)/C=C\C(=O)[C@H]1OC(C)(C)O[C@H]1CC=C2. The second kappa shape index (κ2) is 13.3. The van der Waals surface area contributed by atoms with E-state index in [9.17, 15) is 14.4 Å². The lowest BCUT2D eigenvalue weighted by molar-refractivity contribution is -0.152. The summed E-state index contributed by atoms with van der Waals surface area (Å²) >= 11 is 0. The Morgan fingerprint density at radius 2 is 1.73 bits per heavy atom. The zero-order valence-corrected chi connectivity index (χ0v) is 28.0. The molecule has 11 nitrogen and oxygen atoms in total. The summed E-state index contributed by atoms with van der Waals surface area (Å²) in [5, 5.41) is 1.07. The van der Waals surface area contributed by atoms with E-state index in [2.05, 4.69) is 0 Å². The number of hydroxylamine groups is 1. The lowest BCUT2D eigenvalue weighted by atomic mass is 9.97. The third-order valence-corrected chi connectivity index (χ3v) is 7.53. The van der Waals surface area contributed by atoms with E-state index in [1.54, 1.807) is 86.6 Å². The summed E-state index contributed by atoms with van der Waals surface area (Å²) in [7, 11) is 0. The van der Waals surface area contributed by atoms with Gasteiger partial charge in [0.1, 0.15) is 30.5 Å². The van der Waals surface area contributed by atoms with Crippen molar-refractivity contribution in [2.24, 2.45) is 5.92 Å². The van der Waals surface area contributed by atoms with Gasteiger partial charge in [-0.3, -0.25) is 9.63 Å². The first-order chi connectivity index (χ1) is 20.8. The maximum atomic E-state index is 13.6. The van der Waals surface area contributed by atoms with Gasteiger partial charge in [-0.2, -0.15) is 5.06 Å². The minimum Gasteiger partial charge on any atom is -0.458 e. The first kappa shape index (κ1) is 34.8. The first-order valence-electron chi connectivity index (χ1n) is 15.4. The number of ketones is 1. The molecule has 0 bridgehead atoms. The average Bonchev–Trinajstić information content (AvgIpc) is 3.42. The Morgan fingerprint density at radius 1 is 1.02 bits per heavy atom. The fourth-order valence-electron chi connectivity index (χ4n) is 5.27. The molecule has 1 amide bonds. The number of carbonyl (C=O) groups excluding carboxylic acids is 3. The number of ether oxygens (including phenoxy) is 6. The number of rotatable bonds is 4. The maximum absolute atomic E-state index is 13.6. The van der Waals surface area contributed by atoms with E-state index in [-0.39, 0.29) is 18.3 Å². The molecule has 11 heteroatoms. The molecule has 0 spiro atoms. The molecule has 0 unspecified atom stereocenters. The smallest absolute Gasteiger partial charge is 0.439 e. The monoisotopic (exact) mass is 629 g/mol. The highest BCUT2D eigenvalue weighted by molar-refractivity contribution is 5.97. The zero-order chi connectivity index (χ0) is 33.3. The Kier molecular flexibility index (Phi) is 10.3. The van der Waals surface area contributed by atoms with E-state index in [1.165, 1.54) is 6.08 Å². The molecule has 3 heterocycles. The third-order valence-electron chi connectivity index (χ3n) is 7.53. The van der Waals surface area contributed by atoms with Gasteiger partial charge in [0, 0.05) is 5.92 Å². The van der Waals surface area contributed by atoms with Crippen molar-refractivity contribution in [1.29, 1.82) is 0 Å². The van der Waals surface area contributed by atoms with E-state index in [1.807, 2.05) is 13.0 Å². The van der Waals surface area contributed by atoms with Gasteiger partial charge >= 0.3 is 12.1 Å². The van der Waals surface area contributed by atoms with Crippen LogP contribution in [0.25, 0.3) is 6.08 Å². The number of nitrogens with zero attached hydrogens (tertiary/aromatic N) is 1. The molecule has 4 rings (SSSR count). The van der Waals surface area contributed by atoms with Gasteiger partial charge in [-0.05, 0) is 98.1 Å². The normalized spacial score (nSPS) is 28.9. The highest BCUT2D eigenvalue weighted by Gasteiger charge is 2.44. The number of aryl methyl sites for hydroxylation is 1. The summed E-state index contributed by atoms with van der Waals surface area (Å²) in [4.78, 5) is 46.1. The summed E-state index contributed by atoms with van der Waals surface area (Å²) in [5.41, 5.74) is 0.934. The van der Waals surface area contributed by atoms with E-state index < -0.39 is 53.7 Å². The molecule has 45 heavy (non-hydrogen) atoms. The lowest BCUT2D eigenvalue weighted by Gasteiger charge is -2.28. The van der Waals surface area contributed by atoms with Crippen LogP contribution in [0.5, 0.6) is 0 Å². The van der Waals surface area contributed by atoms with Gasteiger partial charge in [0.15, 0.2) is 17.4 Å². The van der Waals surface area contributed by atoms with E-state index in [0.29, 0.717) is 35.4 Å². The van der Waals surface area contributed by atoms with Crippen molar-refractivity contribution < 1.29 is 47.6 Å². The standard InChI is InChI=1S/C34H47NO10/c1-20-14-15-26(36)29-27(43-34(9,10)44-29)13-11-12-23-17-24(16-21(2)28(23)30(37)41-22(20)3)35(31(38)45-32(4,5)6)40-19-25-18-39-33(7,8)42-25/h11-12,14-17,20,22,25,27,29H,13,18-19H2,1-10H3/b12-11?,15-14-/t20-,22+,25-,27+,29-/m1/s1. The number of anilines is 1. The summed E-state index contributed by atoms with van der Waals surface area (Å²) in [5.74, 6) is -2.70. The first-order valence-corrected chi connectivity index (χ1v) is 15.4. The number of amides is 1. The van der Waals surface area contributed by atoms with Crippen molar-refractivity contribution in [2.75, 3.05) is 18.3 Å². The zero-order valence-electron chi connectivity index (χ0n) is 28.0. The molecular weight excluding hydrogens is 582 g/mol. The van der Waals surface area contributed by atoms with E-state index >= 15 is 0 Å². The summed E-state index contributed by atoms with van der Waals surface area (Å²) < 4.78 is 35.1. The molecule has 3 aliphatic heterocycles. The number of fused-ring (bicyclic) bond motifs is 2. The highest BCUT2D eigenvalue weighted by Crippen LogP contribution is 2.33. The molecule has 5 atom stereocenters. The van der Waals surface area contributed by atoms with Crippen LogP contribution in [0.2, 0.25) is 0 Å². The molecule has 248 valence electrons. The van der Waals surface area contributed by atoms with Crippen LogP contribution in [-0.4, -0.2) is 72.7 Å². The minimum absolute atomic E-state index is 0.0177. The largest absolute Gasteiger partial charge is 0.458 e. The quantitative estimate of drug-likeness (QED) is 0.287. The topological polar surface area (TPSA) is 119 Å². The van der Waals surface area contributed by atoms with Gasteiger partial charge in [-0.15, -0.1) is 0 Å². The number of hydrogen-bond acceptors (Lipinski definition) is 10. The fourth-order valence-corrected chi connectivity index (χ4v) is 5.27. The second-order valence-electron chi connectivity index (χ2n) is 13.7. The van der Waals surface area contributed by atoms with Gasteiger partial charge in [0.25, 0.3) is 0 Å². The van der Waals surface area contributed by atoms with Crippen LogP contribution in [0.15, 0.2) is 30.4 Å². The van der Waals surface area contributed by atoms with Gasteiger partial charge in [0.05, 0.1) is 24.0 Å². The summed E-state index contributed by atoms with van der Waals surface area (Å²) in [6.45, 7) is 18.2. The second-order valence-corrected chi connectivity index (χ2v) is 13.7. The highest BCUT2D eigenvalue weighted by atomic mass is 16.8. The molecule has 1 aromatic carbocycles. The van der Waals surface area contributed by atoms with Gasteiger partial charge in [0.2, 0.25) is 0 Å². The lowest BCUT2D eigenvalue weighted by Crippen LogP contribution is -2.39. The molecule has 3 aliphatic rings. The summed E-state index contributed by atoms with van der Waals surface area (Å²) in [6.07, 6.45) is 4.10. The van der Waals surface area contributed by atoms with Crippen LogP contribution in [0, 0.1) is 12.8 Å². The number of cyclic esters (lactones) is 1. The van der Waals surface area contributed by atoms with Crippen LogP contribution >= 0.6 is 0 Å². The van der Waals surface area contributed by atoms with Crippen molar-refractivity contribution in [3.8, 4) is 0 Å². The predicted molar refractivity (Wildman–Crippen MR) is 166 cm³/mol. The number of carbonyl (C=O) groups is 3. The molecule has 1 aromatic rings. The molecule has 2 fully saturated rings. The molecular formula is C34H47NO10.